The molecular weight excluding hydrogens is 340 g/mol. The average Bonchev–Trinajstić information content (AvgIpc) is 2.97. The minimum Gasteiger partial charge on any atom is -0.480 e. The van der Waals surface area contributed by atoms with Crippen molar-refractivity contribution in [3.8, 4) is 5.88 Å². The van der Waals surface area contributed by atoms with Crippen LogP contribution in [0.3, 0.4) is 0 Å². The topological polar surface area (TPSA) is 85.4 Å². The summed E-state index contributed by atoms with van der Waals surface area (Å²) in [5.41, 5.74) is 2.10. The second-order valence-corrected chi connectivity index (χ2v) is 6.82. The van der Waals surface area contributed by atoms with Crippen LogP contribution >= 0.6 is 11.3 Å². The molecule has 0 aromatic carbocycles. The Hall–Kier alpha value is -2.03. The molecule has 1 aliphatic rings. The first kappa shape index (κ1) is 17.8. The predicted octanol–water partition coefficient (Wildman–Crippen LogP) is 1.80. The van der Waals surface area contributed by atoms with Crippen LogP contribution in [-0.4, -0.2) is 49.7 Å². The molecule has 7 nitrogen and oxygen atoms in total. The van der Waals surface area contributed by atoms with Gasteiger partial charge in [-0.25, -0.2) is 4.98 Å². The van der Waals surface area contributed by atoms with Crippen molar-refractivity contribution in [3.63, 3.8) is 0 Å². The number of carbonyl (C=O) groups is 1. The number of nitrogens with zero attached hydrogens (tertiary/aromatic N) is 2. The zero-order chi connectivity index (χ0) is 17.8. The minimum absolute atomic E-state index is 0.0877. The summed E-state index contributed by atoms with van der Waals surface area (Å²) in [5.74, 6) is 0.932. The van der Waals surface area contributed by atoms with Crippen LogP contribution in [0, 0.1) is 6.92 Å². The van der Waals surface area contributed by atoms with Gasteiger partial charge in [-0.05, 0) is 25.5 Å². The van der Waals surface area contributed by atoms with Crippen molar-refractivity contribution < 1.29 is 14.3 Å². The summed E-state index contributed by atoms with van der Waals surface area (Å²) in [6, 6.07) is 0. The number of hydrogen-bond acceptors (Lipinski definition) is 7. The molecule has 2 N–H and O–H groups in total. The highest BCUT2D eigenvalue weighted by atomic mass is 32.1. The zero-order valence-corrected chi connectivity index (χ0v) is 15.5. The lowest BCUT2D eigenvalue weighted by atomic mass is 10.1. The Bertz CT molecular complexity index is 816. The fraction of sp³-hybridized carbons (Fsp3) is 0.471. The van der Waals surface area contributed by atoms with Gasteiger partial charge in [-0.2, -0.15) is 4.98 Å². The van der Waals surface area contributed by atoms with Crippen LogP contribution in [0.25, 0.3) is 10.2 Å². The third kappa shape index (κ3) is 3.81. The summed E-state index contributed by atoms with van der Waals surface area (Å²) < 4.78 is 10.5. The standard InChI is InChI=1S/C17H22N4O3S/c1-10-13-16(24-3)20-12(9-23-2)21-17(13)25-14(10)15(22)19-8-11-4-6-18-7-5-11/h4,18H,5-9H2,1-3H3,(H,19,22). The molecule has 0 aliphatic carbocycles. The Morgan fingerprint density at radius 2 is 2.24 bits per heavy atom. The van der Waals surface area contributed by atoms with Gasteiger partial charge in [-0.15, -0.1) is 11.3 Å². The van der Waals surface area contributed by atoms with E-state index in [-0.39, 0.29) is 5.91 Å². The molecule has 2 aromatic rings. The summed E-state index contributed by atoms with van der Waals surface area (Å²) in [7, 11) is 3.16. The highest BCUT2D eigenvalue weighted by Crippen LogP contribution is 2.35. The normalized spacial score (nSPS) is 14.4. The lowest BCUT2D eigenvalue weighted by molar-refractivity contribution is 0.0960. The van der Waals surface area contributed by atoms with Crippen LogP contribution < -0.4 is 15.4 Å². The molecule has 0 spiro atoms. The van der Waals surface area contributed by atoms with E-state index in [1.807, 2.05) is 6.92 Å². The first-order valence-corrected chi connectivity index (χ1v) is 8.95. The maximum Gasteiger partial charge on any atom is 0.261 e. The van der Waals surface area contributed by atoms with Gasteiger partial charge >= 0.3 is 0 Å². The van der Waals surface area contributed by atoms with Crippen molar-refractivity contribution in [1.29, 1.82) is 0 Å². The van der Waals surface area contributed by atoms with Crippen molar-refractivity contribution in [1.82, 2.24) is 20.6 Å². The van der Waals surface area contributed by atoms with Crippen LogP contribution in [0.1, 0.15) is 27.5 Å². The van der Waals surface area contributed by atoms with E-state index in [9.17, 15) is 4.79 Å². The highest BCUT2D eigenvalue weighted by molar-refractivity contribution is 7.20. The van der Waals surface area contributed by atoms with E-state index in [0.717, 1.165) is 35.3 Å². The highest BCUT2D eigenvalue weighted by Gasteiger charge is 2.21. The number of thiophene rings is 1. The maximum absolute atomic E-state index is 12.6. The van der Waals surface area contributed by atoms with E-state index in [4.69, 9.17) is 9.47 Å². The molecule has 0 bridgehead atoms. The number of rotatable bonds is 6. The fourth-order valence-corrected chi connectivity index (χ4v) is 3.91. The second kappa shape index (κ2) is 7.90. The van der Waals surface area contributed by atoms with E-state index in [2.05, 4.69) is 26.7 Å². The Morgan fingerprint density at radius 3 is 2.92 bits per heavy atom. The lowest BCUT2D eigenvalue weighted by Crippen LogP contribution is -2.29. The van der Waals surface area contributed by atoms with Gasteiger partial charge in [-0.1, -0.05) is 11.6 Å². The molecule has 8 heteroatoms. The third-order valence-electron chi connectivity index (χ3n) is 4.11. The molecule has 1 aliphatic heterocycles. The van der Waals surface area contributed by atoms with E-state index in [1.165, 1.54) is 16.9 Å². The van der Waals surface area contributed by atoms with Crippen LogP contribution in [0.5, 0.6) is 5.88 Å². The maximum atomic E-state index is 12.6. The van der Waals surface area contributed by atoms with Gasteiger partial charge in [0.1, 0.15) is 11.4 Å². The van der Waals surface area contributed by atoms with E-state index in [1.54, 1.807) is 14.2 Å². The largest absolute Gasteiger partial charge is 0.480 e. The molecule has 2 aromatic heterocycles. The van der Waals surface area contributed by atoms with Gasteiger partial charge < -0.3 is 20.1 Å². The summed E-state index contributed by atoms with van der Waals surface area (Å²) in [6.07, 6.45) is 3.10. The number of fused-ring (bicyclic) bond motifs is 1. The van der Waals surface area contributed by atoms with Crippen molar-refractivity contribution in [2.24, 2.45) is 0 Å². The zero-order valence-electron chi connectivity index (χ0n) is 14.6. The molecule has 0 atom stereocenters. The summed E-state index contributed by atoms with van der Waals surface area (Å²) >= 11 is 1.36. The number of methoxy groups -OCH3 is 2. The summed E-state index contributed by atoms with van der Waals surface area (Å²) in [4.78, 5) is 22.9. The monoisotopic (exact) mass is 362 g/mol. The summed E-state index contributed by atoms with van der Waals surface area (Å²) in [6.45, 7) is 4.60. The van der Waals surface area contributed by atoms with Gasteiger partial charge in [0.2, 0.25) is 5.88 Å². The number of carbonyl (C=O) groups excluding carboxylic acids is 1. The van der Waals surface area contributed by atoms with E-state index in [0.29, 0.717) is 29.7 Å². The van der Waals surface area contributed by atoms with Crippen molar-refractivity contribution in [3.05, 3.63) is 27.9 Å². The lowest BCUT2D eigenvalue weighted by Gasteiger charge is -2.14. The second-order valence-electron chi connectivity index (χ2n) is 5.82. The smallest absolute Gasteiger partial charge is 0.261 e. The van der Waals surface area contributed by atoms with Crippen LogP contribution in [0.15, 0.2) is 11.6 Å². The van der Waals surface area contributed by atoms with Crippen molar-refractivity contribution in [2.75, 3.05) is 33.9 Å². The van der Waals surface area contributed by atoms with Gasteiger partial charge in [0.15, 0.2) is 5.82 Å². The van der Waals surface area contributed by atoms with Crippen molar-refractivity contribution >= 4 is 27.5 Å². The molecule has 0 saturated heterocycles. The van der Waals surface area contributed by atoms with Gasteiger partial charge in [-0.3, -0.25) is 4.79 Å². The summed E-state index contributed by atoms with van der Waals surface area (Å²) in [5, 5.41) is 7.06. The molecule has 0 fully saturated rings. The number of hydrogen-bond donors (Lipinski definition) is 2. The van der Waals surface area contributed by atoms with Gasteiger partial charge in [0.05, 0.1) is 17.4 Å². The fourth-order valence-electron chi connectivity index (χ4n) is 2.81. The minimum atomic E-state index is -0.0877. The quantitative estimate of drug-likeness (QED) is 0.762. The van der Waals surface area contributed by atoms with Crippen LogP contribution in [0.4, 0.5) is 0 Å². The Morgan fingerprint density at radius 1 is 1.40 bits per heavy atom. The molecular formula is C17H22N4O3S. The molecule has 134 valence electrons. The Balaban J connectivity index is 1.86. The van der Waals surface area contributed by atoms with Gasteiger partial charge in [0.25, 0.3) is 5.91 Å². The van der Waals surface area contributed by atoms with E-state index >= 15 is 0 Å². The number of aromatic nitrogens is 2. The SMILES string of the molecule is COCc1nc(OC)c2c(C)c(C(=O)NCC3=CCNCC3)sc2n1. The number of aryl methyl sites for hydroxylation is 1. The first-order valence-electron chi connectivity index (χ1n) is 8.13. The van der Waals surface area contributed by atoms with E-state index < -0.39 is 0 Å². The molecule has 3 heterocycles. The van der Waals surface area contributed by atoms with Gasteiger partial charge in [0, 0.05) is 20.2 Å². The van der Waals surface area contributed by atoms with Crippen molar-refractivity contribution in [2.45, 2.75) is 20.0 Å². The number of ether oxygens (including phenoxy) is 2. The molecule has 0 saturated carbocycles. The Labute approximate surface area is 150 Å². The number of amides is 1. The average molecular weight is 362 g/mol. The molecule has 0 radical (unpaired) electrons. The predicted molar refractivity (Wildman–Crippen MR) is 97.3 cm³/mol. The Kier molecular flexibility index (Phi) is 5.62. The first-order chi connectivity index (χ1) is 12.1. The molecule has 3 rings (SSSR count). The van der Waals surface area contributed by atoms with Crippen LogP contribution in [-0.2, 0) is 11.3 Å². The molecule has 1 amide bonds. The van der Waals surface area contributed by atoms with Crippen LogP contribution in [0.2, 0.25) is 0 Å². The molecule has 25 heavy (non-hydrogen) atoms. The molecule has 0 unspecified atom stereocenters. The third-order valence-corrected chi connectivity index (χ3v) is 5.29. The number of nitrogens with one attached hydrogen (secondary N) is 2.